The van der Waals surface area contributed by atoms with Crippen LogP contribution in [-0.2, 0) is 0 Å². The smallest absolute Gasteiger partial charge is 0.123 e. The molecule has 0 aliphatic rings. The lowest BCUT2D eigenvalue weighted by Crippen LogP contribution is -1.82. The van der Waals surface area contributed by atoms with Gasteiger partial charge in [-0.05, 0) is 30.3 Å². The number of nitrogens with zero attached hydrogens (tertiary/aromatic N) is 1. The second-order valence-electron chi connectivity index (χ2n) is 2.64. The second-order valence-corrected chi connectivity index (χ2v) is 2.64. The van der Waals surface area contributed by atoms with Gasteiger partial charge in [0, 0.05) is 17.8 Å². The summed E-state index contributed by atoms with van der Waals surface area (Å²) in [4.78, 5) is 4.10. The van der Waals surface area contributed by atoms with Crippen molar-refractivity contribution < 1.29 is 4.39 Å². The summed E-state index contributed by atoms with van der Waals surface area (Å²) in [6.07, 6.45) is 1.69. The van der Waals surface area contributed by atoms with E-state index in [1.165, 1.54) is 12.1 Å². The quantitative estimate of drug-likeness (QED) is 0.644. The zero-order chi connectivity index (χ0) is 9.10. The molecule has 0 spiro atoms. The Kier molecular flexibility index (Phi) is 2.04. The van der Waals surface area contributed by atoms with Crippen LogP contribution in [0.15, 0.2) is 42.6 Å². The van der Waals surface area contributed by atoms with E-state index in [1.807, 2.05) is 0 Å². The predicted octanol–water partition coefficient (Wildman–Crippen LogP) is 2.69. The van der Waals surface area contributed by atoms with E-state index < -0.39 is 0 Å². The van der Waals surface area contributed by atoms with Crippen LogP contribution in [0.4, 0.5) is 4.39 Å². The summed E-state index contributed by atoms with van der Waals surface area (Å²) < 4.78 is 12.6. The van der Waals surface area contributed by atoms with Crippen LogP contribution in [0.1, 0.15) is 0 Å². The molecule has 0 saturated carbocycles. The Morgan fingerprint density at radius 2 is 1.92 bits per heavy atom. The van der Waals surface area contributed by atoms with Gasteiger partial charge in [0.2, 0.25) is 0 Å². The molecule has 13 heavy (non-hydrogen) atoms. The average molecular weight is 172 g/mol. The summed E-state index contributed by atoms with van der Waals surface area (Å²) in [7, 11) is 0. The Bertz CT molecular complexity index is 381. The van der Waals surface area contributed by atoms with E-state index in [2.05, 4.69) is 11.1 Å². The van der Waals surface area contributed by atoms with Crippen molar-refractivity contribution in [3.8, 4) is 11.3 Å². The molecule has 1 nitrogen and oxygen atoms in total. The SMILES string of the molecule is Fc1ccc(-c2[c]cccn2)cc1. The molecular formula is C11H7FN. The Hall–Kier alpha value is -1.70. The van der Waals surface area contributed by atoms with Gasteiger partial charge >= 0.3 is 0 Å². The van der Waals surface area contributed by atoms with E-state index in [1.54, 1.807) is 30.5 Å². The molecule has 0 fully saturated rings. The molecule has 1 aromatic heterocycles. The van der Waals surface area contributed by atoms with Crippen molar-refractivity contribution in [3.05, 3.63) is 54.5 Å². The minimum absolute atomic E-state index is 0.236. The van der Waals surface area contributed by atoms with E-state index in [-0.39, 0.29) is 5.82 Å². The van der Waals surface area contributed by atoms with E-state index >= 15 is 0 Å². The Morgan fingerprint density at radius 3 is 2.54 bits per heavy atom. The highest BCUT2D eigenvalue weighted by Gasteiger charge is 1.97. The van der Waals surface area contributed by atoms with Gasteiger partial charge in [-0.25, -0.2) is 4.39 Å². The molecule has 0 bridgehead atoms. The summed E-state index contributed by atoms with van der Waals surface area (Å²) in [5.41, 5.74) is 1.62. The predicted molar refractivity (Wildman–Crippen MR) is 48.5 cm³/mol. The molecule has 2 aromatic rings. The molecule has 0 amide bonds. The largest absolute Gasteiger partial charge is 0.256 e. The molecule has 2 rings (SSSR count). The Morgan fingerprint density at radius 1 is 1.15 bits per heavy atom. The van der Waals surface area contributed by atoms with Gasteiger partial charge in [-0.2, -0.15) is 0 Å². The van der Waals surface area contributed by atoms with Crippen LogP contribution in [0.2, 0.25) is 0 Å². The third-order valence-corrected chi connectivity index (χ3v) is 1.72. The fraction of sp³-hybridized carbons (Fsp3) is 0. The standard InChI is InChI=1S/C11H7FN/c12-10-6-4-9(5-7-10)11-3-1-2-8-13-11/h1-2,4-8H. The molecule has 0 aliphatic carbocycles. The van der Waals surface area contributed by atoms with Crippen molar-refractivity contribution in [1.29, 1.82) is 0 Å². The zero-order valence-corrected chi connectivity index (χ0v) is 6.87. The topological polar surface area (TPSA) is 12.9 Å². The van der Waals surface area contributed by atoms with E-state index in [9.17, 15) is 4.39 Å². The molecule has 0 atom stereocenters. The maximum absolute atomic E-state index is 12.6. The molecule has 0 unspecified atom stereocenters. The summed E-state index contributed by atoms with van der Waals surface area (Å²) in [6, 6.07) is 12.8. The summed E-state index contributed by atoms with van der Waals surface area (Å²) in [6.45, 7) is 0. The maximum atomic E-state index is 12.6. The highest BCUT2D eigenvalue weighted by molar-refractivity contribution is 5.57. The number of halogens is 1. The molecule has 1 aromatic carbocycles. The van der Waals surface area contributed by atoms with Crippen LogP contribution < -0.4 is 0 Å². The Balaban J connectivity index is 2.42. The van der Waals surface area contributed by atoms with Crippen molar-refractivity contribution in [1.82, 2.24) is 4.98 Å². The van der Waals surface area contributed by atoms with E-state index in [0.717, 1.165) is 11.3 Å². The number of hydrogen-bond acceptors (Lipinski definition) is 1. The van der Waals surface area contributed by atoms with Gasteiger partial charge in [0.15, 0.2) is 0 Å². The van der Waals surface area contributed by atoms with Crippen molar-refractivity contribution >= 4 is 0 Å². The van der Waals surface area contributed by atoms with Crippen molar-refractivity contribution in [2.24, 2.45) is 0 Å². The third-order valence-electron chi connectivity index (χ3n) is 1.72. The van der Waals surface area contributed by atoms with Crippen molar-refractivity contribution in [2.45, 2.75) is 0 Å². The fourth-order valence-corrected chi connectivity index (χ4v) is 1.09. The minimum atomic E-state index is -0.236. The first-order valence-corrected chi connectivity index (χ1v) is 3.95. The molecule has 0 aliphatic heterocycles. The van der Waals surface area contributed by atoms with Crippen LogP contribution in [0.5, 0.6) is 0 Å². The lowest BCUT2D eigenvalue weighted by atomic mass is 10.1. The van der Waals surface area contributed by atoms with Crippen LogP contribution in [0.3, 0.4) is 0 Å². The van der Waals surface area contributed by atoms with Gasteiger partial charge < -0.3 is 0 Å². The lowest BCUT2D eigenvalue weighted by molar-refractivity contribution is 0.628. The van der Waals surface area contributed by atoms with Gasteiger partial charge in [-0.15, -0.1) is 0 Å². The minimum Gasteiger partial charge on any atom is -0.256 e. The van der Waals surface area contributed by atoms with Crippen molar-refractivity contribution in [3.63, 3.8) is 0 Å². The number of pyridine rings is 1. The molecule has 1 radical (unpaired) electrons. The molecule has 1 heterocycles. The second kappa shape index (κ2) is 3.35. The van der Waals surface area contributed by atoms with Crippen LogP contribution >= 0.6 is 0 Å². The van der Waals surface area contributed by atoms with E-state index in [4.69, 9.17) is 0 Å². The summed E-state index contributed by atoms with van der Waals surface area (Å²) >= 11 is 0. The number of aromatic nitrogens is 1. The first-order valence-electron chi connectivity index (χ1n) is 3.95. The number of rotatable bonds is 1. The maximum Gasteiger partial charge on any atom is 0.123 e. The monoisotopic (exact) mass is 172 g/mol. The summed E-state index contributed by atoms with van der Waals surface area (Å²) in [5.74, 6) is -0.236. The van der Waals surface area contributed by atoms with Gasteiger partial charge in [0.1, 0.15) is 5.82 Å². The van der Waals surface area contributed by atoms with Gasteiger partial charge in [0.05, 0.1) is 5.69 Å². The van der Waals surface area contributed by atoms with E-state index in [0.29, 0.717) is 0 Å². The average Bonchev–Trinajstić information content (AvgIpc) is 2.20. The molecule has 0 saturated heterocycles. The molecule has 63 valence electrons. The van der Waals surface area contributed by atoms with Crippen molar-refractivity contribution in [2.75, 3.05) is 0 Å². The zero-order valence-electron chi connectivity index (χ0n) is 6.87. The summed E-state index contributed by atoms with van der Waals surface area (Å²) in [5, 5.41) is 0. The lowest BCUT2D eigenvalue weighted by Gasteiger charge is -1.97. The van der Waals surface area contributed by atoms with Gasteiger partial charge in [-0.3, -0.25) is 4.98 Å². The van der Waals surface area contributed by atoms with Crippen LogP contribution in [0, 0.1) is 11.9 Å². The highest BCUT2D eigenvalue weighted by atomic mass is 19.1. The number of hydrogen-bond donors (Lipinski definition) is 0. The normalized spacial score (nSPS) is 9.92. The van der Waals surface area contributed by atoms with Crippen LogP contribution in [-0.4, -0.2) is 4.98 Å². The van der Waals surface area contributed by atoms with Gasteiger partial charge in [0.25, 0.3) is 0 Å². The first kappa shape index (κ1) is 7.92. The Labute approximate surface area is 75.9 Å². The van der Waals surface area contributed by atoms with Gasteiger partial charge in [-0.1, -0.05) is 6.07 Å². The highest BCUT2D eigenvalue weighted by Crippen LogP contribution is 2.15. The first-order chi connectivity index (χ1) is 6.36. The third kappa shape index (κ3) is 1.72. The molecule has 2 heteroatoms. The molecule has 0 N–H and O–H groups in total. The number of benzene rings is 1. The van der Waals surface area contributed by atoms with Crippen LogP contribution in [0.25, 0.3) is 11.3 Å². The fourth-order valence-electron chi connectivity index (χ4n) is 1.09. The molecular weight excluding hydrogens is 165 g/mol.